The highest BCUT2D eigenvalue weighted by atomic mass is 32.2. The Labute approximate surface area is 183 Å². The normalized spacial score (nSPS) is 15.1. The SMILES string of the molecule is COc1ccc2ccccc2c1/C=C1/SC(=S)N(NC(=O)c2ccc(C)cc2)C1=O. The number of hydrogen-bond donors (Lipinski definition) is 1. The zero-order valence-electron chi connectivity index (χ0n) is 16.3. The van der Waals surface area contributed by atoms with Crippen LogP contribution in [0.1, 0.15) is 21.5 Å². The number of hydrazine groups is 1. The van der Waals surface area contributed by atoms with E-state index >= 15 is 0 Å². The predicted molar refractivity (Wildman–Crippen MR) is 124 cm³/mol. The Morgan fingerprint density at radius 2 is 1.83 bits per heavy atom. The number of nitrogens with one attached hydrogen (secondary N) is 1. The second-order valence-corrected chi connectivity index (χ2v) is 8.40. The van der Waals surface area contributed by atoms with E-state index in [2.05, 4.69) is 5.43 Å². The van der Waals surface area contributed by atoms with Crippen LogP contribution < -0.4 is 10.2 Å². The summed E-state index contributed by atoms with van der Waals surface area (Å²) in [5.41, 5.74) is 4.90. The van der Waals surface area contributed by atoms with Crippen LogP contribution in [0.25, 0.3) is 16.8 Å². The van der Waals surface area contributed by atoms with Crippen molar-refractivity contribution in [2.75, 3.05) is 7.11 Å². The van der Waals surface area contributed by atoms with Crippen LogP contribution >= 0.6 is 24.0 Å². The lowest BCUT2D eigenvalue weighted by molar-refractivity contribution is -0.123. The number of aryl methyl sites for hydroxylation is 1. The standard InChI is InChI=1S/C23H18N2O3S2/c1-14-7-9-16(10-8-14)21(26)24-25-22(27)20(30-23(25)29)13-18-17-6-4-3-5-15(17)11-12-19(18)28-2/h3-13H,1-2H3,(H,24,26)/b20-13+. The van der Waals surface area contributed by atoms with Gasteiger partial charge in [0.2, 0.25) is 0 Å². The summed E-state index contributed by atoms with van der Waals surface area (Å²) < 4.78 is 5.77. The molecule has 30 heavy (non-hydrogen) atoms. The van der Waals surface area contributed by atoms with Crippen molar-refractivity contribution in [3.63, 3.8) is 0 Å². The van der Waals surface area contributed by atoms with E-state index in [-0.39, 0.29) is 10.2 Å². The first-order chi connectivity index (χ1) is 14.5. The third-order valence-electron chi connectivity index (χ3n) is 4.75. The van der Waals surface area contributed by atoms with Gasteiger partial charge in [-0.15, -0.1) is 0 Å². The molecule has 150 valence electrons. The van der Waals surface area contributed by atoms with Crippen LogP contribution in [0.15, 0.2) is 65.6 Å². The largest absolute Gasteiger partial charge is 0.496 e. The molecule has 1 aliphatic rings. The maximum atomic E-state index is 13.0. The van der Waals surface area contributed by atoms with Crippen LogP contribution in [0.2, 0.25) is 0 Å². The van der Waals surface area contributed by atoms with Crippen LogP contribution in [0.4, 0.5) is 0 Å². The molecule has 0 bridgehead atoms. The maximum Gasteiger partial charge on any atom is 0.285 e. The van der Waals surface area contributed by atoms with E-state index in [9.17, 15) is 9.59 Å². The fourth-order valence-corrected chi connectivity index (χ4v) is 4.33. The van der Waals surface area contributed by atoms with Crippen molar-refractivity contribution in [1.82, 2.24) is 10.4 Å². The van der Waals surface area contributed by atoms with Crippen LogP contribution in [-0.2, 0) is 4.79 Å². The second-order valence-electron chi connectivity index (χ2n) is 6.73. The Morgan fingerprint density at radius 3 is 2.57 bits per heavy atom. The molecule has 1 saturated heterocycles. The number of carbonyl (C=O) groups excluding carboxylic acids is 2. The molecule has 0 aliphatic carbocycles. The van der Waals surface area contributed by atoms with Gasteiger partial charge >= 0.3 is 0 Å². The Bertz CT molecular complexity index is 1200. The van der Waals surface area contributed by atoms with Crippen LogP contribution in [0.3, 0.4) is 0 Å². The molecule has 0 radical (unpaired) electrons. The number of hydrogen-bond acceptors (Lipinski definition) is 5. The molecule has 0 aromatic heterocycles. The topological polar surface area (TPSA) is 58.6 Å². The fourth-order valence-electron chi connectivity index (χ4n) is 3.17. The smallest absolute Gasteiger partial charge is 0.285 e. The molecule has 1 fully saturated rings. The molecule has 1 N–H and O–H groups in total. The Balaban J connectivity index is 1.64. The van der Waals surface area contributed by atoms with Crippen molar-refractivity contribution in [1.29, 1.82) is 0 Å². The molecule has 1 aliphatic heterocycles. The van der Waals surface area contributed by atoms with Gasteiger partial charge in [0.05, 0.1) is 12.0 Å². The Kier molecular flexibility index (Phi) is 5.57. The Hall–Kier alpha value is -3.16. The van der Waals surface area contributed by atoms with E-state index in [0.717, 1.165) is 38.7 Å². The number of carbonyl (C=O) groups is 2. The predicted octanol–water partition coefficient (Wildman–Crippen LogP) is 4.70. The first-order valence-electron chi connectivity index (χ1n) is 9.19. The van der Waals surface area contributed by atoms with Crippen molar-refractivity contribution in [2.45, 2.75) is 6.92 Å². The number of rotatable bonds is 4. The van der Waals surface area contributed by atoms with E-state index in [1.807, 2.05) is 55.5 Å². The molecule has 3 aromatic rings. The summed E-state index contributed by atoms with van der Waals surface area (Å²) in [7, 11) is 1.59. The van der Waals surface area contributed by atoms with Crippen molar-refractivity contribution in [3.05, 3.63) is 82.3 Å². The zero-order chi connectivity index (χ0) is 21.3. The van der Waals surface area contributed by atoms with Crippen LogP contribution in [0.5, 0.6) is 5.75 Å². The number of methoxy groups -OCH3 is 1. The van der Waals surface area contributed by atoms with Gasteiger partial charge in [0.1, 0.15) is 5.75 Å². The minimum Gasteiger partial charge on any atom is -0.496 e. The van der Waals surface area contributed by atoms with Gasteiger partial charge in [-0.3, -0.25) is 15.0 Å². The first kappa shape index (κ1) is 20.1. The summed E-state index contributed by atoms with van der Waals surface area (Å²) in [6.07, 6.45) is 1.76. The van der Waals surface area contributed by atoms with Gasteiger partial charge in [0.15, 0.2) is 4.32 Å². The molecule has 7 heteroatoms. The van der Waals surface area contributed by atoms with Gasteiger partial charge in [-0.2, -0.15) is 5.01 Å². The summed E-state index contributed by atoms with van der Waals surface area (Å²) >= 11 is 6.48. The highest BCUT2D eigenvalue weighted by Crippen LogP contribution is 2.36. The second kappa shape index (κ2) is 8.30. The summed E-state index contributed by atoms with van der Waals surface area (Å²) in [4.78, 5) is 25.9. The molecule has 5 nitrogen and oxygen atoms in total. The zero-order valence-corrected chi connectivity index (χ0v) is 18.0. The lowest BCUT2D eigenvalue weighted by Gasteiger charge is -2.15. The number of thiocarbonyl (C=S) groups is 1. The quantitative estimate of drug-likeness (QED) is 0.476. The van der Waals surface area contributed by atoms with Crippen molar-refractivity contribution in [2.24, 2.45) is 0 Å². The van der Waals surface area contributed by atoms with Gasteiger partial charge in [-0.25, -0.2) is 0 Å². The van der Waals surface area contributed by atoms with Gasteiger partial charge in [0, 0.05) is 11.1 Å². The monoisotopic (exact) mass is 434 g/mol. The van der Waals surface area contributed by atoms with Crippen molar-refractivity contribution < 1.29 is 14.3 Å². The van der Waals surface area contributed by atoms with E-state index < -0.39 is 5.91 Å². The third-order valence-corrected chi connectivity index (χ3v) is 6.05. The highest BCUT2D eigenvalue weighted by molar-refractivity contribution is 8.26. The summed E-state index contributed by atoms with van der Waals surface area (Å²) in [5, 5.41) is 3.12. The number of fused-ring (bicyclic) bond motifs is 1. The molecular formula is C23H18N2O3S2. The number of amides is 2. The summed E-state index contributed by atoms with van der Waals surface area (Å²) in [6.45, 7) is 1.94. The summed E-state index contributed by atoms with van der Waals surface area (Å²) in [5.74, 6) is -0.113. The minimum atomic E-state index is -0.393. The molecular weight excluding hydrogens is 416 g/mol. The molecule has 2 amide bonds. The number of nitrogens with zero attached hydrogens (tertiary/aromatic N) is 1. The van der Waals surface area contributed by atoms with Crippen LogP contribution in [0, 0.1) is 6.92 Å². The van der Waals surface area contributed by atoms with Crippen LogP contribution in [-0.4, -0.2) is 28.3 Å². The lowest BCUT2D eigenvalue weighted by Crippen LogP contribution is -2.44. The number of benzene rings is 3. The number of ether oxygens (including phenoxy) is 1. The lowest BCUT2D eigenvalue weighted by atomic mass is 10.0. The third kappa shape index (κ3) is 3.81. The molecule has 0 atom stereocenters. The van der Waals surface area contributed by atoms with E-state index in [1.165, 1.54) is 0 Å². The average molecular weight is 435 g/mol. The number of thioether (sulfide) groups is 1. The molecule has 0 saturated carbocycles. The Morgan fingerprint density at radius 1 is 1.10 bits per heavy atom. The molecule has 0 spiro atoms. The van der Waals surface area contributed by atoms with E-state index in [0.29, 0.717) is 16.2 Å². The van der Waals surface area contributed by atoms with E-state index in [1.54, 1.807) is 25.3 Å². The maximum absolute atomic E-state index is 13.0. The van der Waals surface area contributed by atoms with Crippen molar-refractivity contribution >= 4 is 57.0 Å². The van der Waals surface area contributed by atoms with Gasteiger partial charge in [-0.1, -0.05) is 59.8 Å². The molecule has 0 unspecified atom stereocenters. The van der Waals surface area contributed by atoms with Gasteiger partial charge in [0.25, 0.3) is 11.8 Å². The molecule has 4 rings (SSSR count). The first-order valence-corrected chi connectivity index (χ1v) is 10.4. The highest BCUT2D eigenvalue weighted by Gasteiger charge is 2.34. The van der Waals surface area contributed by atoms with Crippen molar-refractivity contribution in [3.8, 4) is 5.75 Å². The molecule has 1 heterocycles. The van der Waals surface area contributed by atoms with E-state index in [4.69, 9.17) is 17.0 Å². The fraction of sp³-hybridized carbons (Fsp3) is 0.0870. The van der Waals surface area contributed by atoms with Gasteiger partial charge in [-0.05, 0) is 54.2 Å². The molecule has 3 aromatic carbocycles. The summed E-state index contributed by atoms with van der Waals surface area (Å²) in [6, 6.07) is 18.8. The average Bonchev–Trinajstić information content (AvgIpc) is 3.01. The van der Waals surface area contributed by atoms with Gasteiger partial charge < -0.3 is 4.74 Å². The minimum absolute atomic E-state index is 0.269.